The maximum absolute atomic E-state index is 11.2. The van der Waals surface area contributed by atoms with Gasteiger partial charge in [0, 0.05) is 45.2 Å². The minimum Gasteiger partial charge on any atom is -0.512 e. The van der Waals surface area contributed by atoms with Gasteiger partial charge in [-0.25, -0.2) is 0 Å². The molecular formula is C41H50IrNO2-. The number of aliphatic hydroxyl groups is 1. The van der Waals surface area contributed by atoms with Crippen molar-refractivity contribution in [3.63, 3.8) is 0 Å². The maximum atomic E-state index is 11.2. The zero-order chi connectivity index (χ0) is 32.4. The molecule has 0 saturated carbocycles. The van der Waals surface area contributed by atoms with Gasteiger partial charge in [0.1, 0.15) is 0 Å². The molecule has 0 unspecified atom stereocenters. The Morgan fingerprint density at radius 3 is 2.18 bits per heavy atom. The number of carbonyl (C=O) groups is 1. The van der Waals surface area contributed by atoms with Crippen molar-refractivity contribution in [3.8, 4) is 33.5 Å². The van der Waals surface area contributed by atoms with Crippen LogP contribution in [0.4, 0.5) is 0 Å². The van der Waals surface area contributed by atoms with E-state index in [4.69, 9.17) is 4.98 Å². The van der Waals surface area contributed by atoms with Gasteiger partial charge in [0.2, 0.25) is 0 Å². The molecule has 45 heavy (non-hydrogen) atoms. The summed E-state index contributed by atoms with van der Waals surface area (Å²) in [5.74, 6) is 0.979. The molecule has 0 saturated heterocycles. The predicted octanol–water partition coefficient (Wildman–Crippen LogP) is 11.3. The van der Waals surface area contributed by atoms with Crippen LogP contribution >= 0.6 is 0 Å². The Labute approximate surface area is 284 Å². The molecule has 5 rings (SSSR count). The van der Waals surface area contributed by atoms with Gasteiger partial charge in [0.05, 0.1) is 5.76 Å². The Morgan fingerprint density at radius 1 is 0.867 bits per heavy atom. The van der Waals surface area contributed by atoms with Crippen LogP contribution in [0.1, 0.15) is 93.2 Å². The second kappa shape index (κ2) is 14.6. The molecule has 3 nitrogen and oxygen atoms in total. The van der Waals surface area contributed by atoms with Crippen LogP contribution in [0, 0.1) is 23.3 Å². The number of nitrogens with zero attached hydrogens (tertiary/aromatic N) is 1. The van der Waals surface area contributed by atoms with Crippen LogP contribution in [-0.4, -0.2) is 15.9 Å². The number of hydrogen-bond acceptors (Lipinski definition) is 3. The van der Waals surface area contributed by atoms with Crippen LogP contribution in [0.5, 0.6) is 0 Å². The number of ketones is 1. The second-order valence-electron chi connectivity index (χ2n) is 15.4. The minimum atomic E-state index is 0. The van der Waals surface area contributed by atoms with E-state index in [1.54, 1.807) is 0 Å². The number of fused-ring (bicyclic) bond motifs is 5. The molecule has 1 heterocycles. The molecule has 0 amide bonds. The van der Waals surface area contributed by atoms with Crippen LogP contribution in [0.25, 0.3) is 44.3 Å². The molecule has 4 aromatic rings. The molecule has 1 aromatic heterocycles. The number of pyridine rings is 1. The van der Waals surface area contributed by atoms with E-state index in [1.807, 2.05) is 40.0 Å². The van der Waals surface area contributed by atoms with Gasteiger partial charge in [-0.05, 0) is 73.9 Å². The van der Waals surface area contributed by atoms with Gasteiger partial charge < -0.3 is 10.1 Å². The molecule has 0 bridgehead atoms. The van der Waals surface area contributed by atoms with E-state index in [2.05, 4.69) is 96.1 Å². The first-order chi connectivity index (χ1) is 20.5. The van der Waals surface area contributed by atoms with Crippen molar-refractivity contribution in [2.45, 2.75) is 93.9 Å². The standard InChI is InChI=1S/C30H30N.C11H20O2.Ir/c1-29(2,3)18-19-11-12-23-25(15-19)22-9-7-8-10-24(22)28-27-20(13-14-31-28)16-21(17-26(23)27)30(4,5)6;1-8(2)5-10(12)7-11(13)6-9(3)4;/h7-9,11-17H,18H2,1-6H3;7-9,12H,5-6H2,1-4H3;/q-1;;/b;10-7-;. The third-order valence-corrected chi connectivity index (χ3v) is 7.78. The largest absolute Gasteiger partial charge is 0.512 e. The summed E-state index contributed by atoms with van der Waals surface area (Å²) in [5.41, 5.74) is 10.3. The average molecular weight is 781 g/mol. The number of rotatable bonds is 6. The van der Waals surface area contributed by atoms with Crippen molar-refractivity contribution in [1.82, 2.24) is 4.98 Å². The van der Waals surface area contributed by atoms with E-state index in [0.29, 0.717) is 24.7 Å². The quantitative estimate of drug-likeness (QED) is 0.106. The number of allylic oxidation sites excluding steroid dienone is 2. The number of aliphatic hydroxyl groups excluding tert-OH is 1. The minimum absolute atomic E-state index is 0. The van der Waals surface area contributed by atoms with E-state index in [0.717, 1.165) is 17.7 Å². The van der Waals surface area contributed by atoms with Gasteiger partial charge in [0.15, 0.2) is 5.78 Å². The van der Waals surface area contributed by atoms with E-state index < -0.39 is 0 Å². The SMILES string of the molecule is CC(C)(C)Cc1ccc2c(c1)-c1ccc[c-]c1-c1nccc3cc(C(C)(C)C)cc-2c13.CC(C)CC(=O)/C=C(\O)CC(C)C.[Ir]. The fraction of sp³-hybridized carbons (Fsp3) is 0.415. The van der Waals surface area contributed by atoms with Crippen LogP contribution < -0.4 is 0 Å². The van der Waals surface area contributed by atoms with Crippen LogP contribution in [0.3, 0.4) is 0 Å². The van der Waals surface area contributed by atoms with Gasteiger partial charge >= 0.3 is 0 Å². The Balaban J connectivity index is 0.000000338. The van der Waals surface area contributed by atoms with Gasteiger partial charge in [-0.3, -0.25) is 4.79 Å². The summed E-state index contributed by atoms with van der Waals surface area (Å²) in [7, 11) is 0. The third-order valence-electron chi connectivity index (χ3n) is 7.78. The van der Waals surface area contributed by atoms with E-state index in [9.17, 15) is 9.90 Å². The zero-order valence-electron chi connectivity index (χ0n) is 28.8. The first kappa shape index (κ1) is 36.4. The Morgan fingerprint density at radius 2 is 1.56 bits per heavy atom. The first-order valence-corrected chi connectivity index (χ1v) is 16.0. The van der Waals surface area contributed by atoms with Crippen molar-refractivity contribution >= 4 is 16.6 Å². The van der Waals surface area contributed by atoms with Crippen molar-refractivity contribution in [3.05, 3.63) is 89.8 Å². The van der Waals surface area contributed by atoms with Gasteiger partial charge in [-0.2, -0.15) is 0 Å². The molecule has 1 aliphatic rings. The third kappa shape index (κ3) is 9.24. The normalized spacial score (nSPS) is 12.6. The summed E-state index contributed by atoms with van der Waals surface area (Å²) in [4.78, 5) is 16.1. The topological polar surface area (TPSA) is 50.2 Å². The van der Waals surface area contributed by atoms with Gasteiger partial charge in [-0.15, -0.1) is 29.8 Å². The Bertz CT molecular complexity index is 1680. The first-order valence-electron chi connectivity index (χ1n) is 16.0. The van der Waals surface area contributed by atoms with Crippen molar-refractivity contribution < 1.29 is 30.0 Å². The number of aromatic nitrogens is 1. The summed E-state index contributed by atoms with van der Waals surface area (Å²) in [6.45, 7) is 21.8. The molecule has 3 aromatic carbocycles. The number of benzene rings is 3. The monoisotopic (exact) mass is 781 g/mol. The zero-order valence-corrected chi connectivity index (χ0v) is 31.2. The molecule has 1 radical (unpaired) electrons. The molecule has 0 atom stereocenters. The van der Waals surface area contributed by atoms with Crippen molar-refractivity contribution in [2.24, 2.45) is 17.3 Å². The molecular weight excluding hydrogens is 731 g/mol. The van der Waals surface area contributed by atoms with Gasteiger partial charge in [0.25, 0.3) is 0 Å². The predicted molar refractivity (Wildman–Crippen MR) is 187 cm³/mol. The fourth-order valence-electron chi connectivity index (χ4n) is 5.90. The molecule has 241 valence electrons. The fourth-order valence-corrected chi connectivity index (χ4v) is 5.90. The smallest absolute Gasteiger partial charge is 0.159 e. The molecule has 1 aliphatic carbocycles. The second-order valence-corrected chi connectivity index (χ2v) is 15.4. The van der Waals surface area contributed by atoms with Crippen LogP contribution in [-0.2, 0) is 36.7 Å². The van der Waals surface area contributed by atoms with Crippen molar-refractivity contribution in [2.75, 3.05) is 0 Å². The molecule has 0 aliphatic heterocycles. The van der Waals surface area contributed by atoms with Gasteiger partial charge in [-0.1, -0.05) is 111 Å². The van der Waals surface area contributed by atoms with E-state index >= 15 is 0 Å². The Hall–Kier alpha value is -3.07. The Kier molecular flexibility index (Phi) is 11.8. The molecule has 0 fully saturated rings. The molecule has 4 heteroatoms. The summed E-state index contributed by atoms with van der Waals surface area (Å²) < 4.78 is 0. The summed E-state index contributed by atoms with van der Waals surface area (Å²) >= 11 is 0. The average Bonchev–Trinajstić information content (AvgIpc) is 3.01. The van der Waals surface area contributed by atoms with E-state index in [1.165, 1.54) is 50.2 Å². The molecule has 0 spiro atoms. The summed E-state index contributed by atoms with van der Waals surface area (Å²) in [6, 6.07) is 23.8. The van der Waals surface area contributed by atoms with Crippen molar-refractivity contribution in [1.29, 1.82) is 0 Å². The maximum Gasteiger partial charge on any atom is 0.159 e. The number of hydrogen-bond donors (Lipinski definition) is 1. The van der Waals surface area contributed by atoms with Crippen LogP contribution in [0.2, 0.25) is 0 Å². The molecule has 1 N–H and O–H groups in total. The van der Waals surface area contributed by atoms with E-state index in [-0.39, 0.29) is 42.5 Å². The summed E-state index contributed by atoms with van der Waals surface area (Å²) in [6.07, 6.45) is 5.46. The number of carbonyl (C=O) groups excluding carboxylic acids is 1. The summed E-state index contributed by atoms with van der Waals surface area (Å²) in [5, 5.41) is 11.8. The van der Waals surface area contributed by atoms with Crippen LogP contribution in [0.15, 0.2) is 72.6 Å².